The van der Waals surface area contributed by atoms with Crippen LogP contribution in [0.1, 0.15) is 5.56 Å². The van der Waals surface area contributed by atoms with Crippen LogP contribution in [0.3, 0.4) is 0 Å². The summed E-state index contributed by atoms with van der Waals surface area (Å²) in [6, 6.07) is 1.93. The average molecular weight is 167 g/mol. The Labute approximate surface area is 69.2 Å². The lowest BCUT2D eigenvalue weighted by molar-refractivity contribution is 1.29. The number of hydrogen-bond acceptors (Lipinski definition) is 1. The van der Waals surface area contributed by atoms with E-state index in [4.69, 9.17) is 11.6 Å². The molecule has 0 spiro atoms. The highest BCUT2D eigenvalue weighted by Crippen LogP contribution is 2.23. The molecule has 0 aromatic carbocycles. The number of hydrogen-bond donors (Lipinski definition) is 1. The molecule has 2 aromatic rings. The highest BCUT2D eigenvalue weighted by molar-refractivity contribution is 6.35. The monoisotopic (exact) mass is 166 g/mol. The van der Waals surface area contributed by atoms with Crippen LogP contribution in [-0.2, 0) is 0 Å². The Morgan fingerprint density at radius 3 is 3.18 bits per heavy atom. The number of aromatic nitrogens is 2. The van der Waals surface area contributed by atoms with Gasteiger partial charge in [0.1, 0.15) is 5.65 Å². The number of aromatic amines is 1. The van der Waals surface area contributed by atoms with Crippen molar-refractivity contribution >= 4 is 22.6 Å². The van der Waals surface area contributed by atoms with Gasteiger partial charge in [-0.3, -0.25) is 0 Å². The molecular formula is C8H7ClN2. The third-order valence-electron chi connectivity index (χ3n) is 1.70. The van der Waals surface area contributed by atoms with Gasteiger partial charge in [-0.15, -0.1) is 0 Å². The first-order valence-corrected chi connectivity index (χ1v) is 3.75. The lowest BCUT2D eigenvalue weighted by Gasteiger charge is -1.96. The lowest BCUT2D eigenvalue weighted by Crippen LogP contribution is -1.80. The molecular weight excluding hydrogens is 160 g/mol. The van der Waals surface area contributed by atoms with Crippen LogP contribution in [0.15, 0.2) is 18.5 Å². The first kappa shape index (κ1) is 6.68. The minimum absolute atomic E-state index is 0.788. The highest BCUT2D eigenvalue weighted by Gasteiger charge is 2.02. The summed E-state index contributed by atoms with van der Waals surface area (Å²) in [4.78, 5) is 7.15. The van der Waals surface area contributed by atoms with Gasteiger partial charge in [0.05, 0.1) is 5.02 Å². The molecule has 0 bridgehead atoms. The van der Waals surface area contributed by atoms with Crippen molar-refractivity contribution in [3.05, 3.63) is 29.0 Å². The molecule has 0 saturated carbocycles. The first-order valence-electron chi connectivity index (χ1n) is 3.37. The van der Waals surface area contributed by atoms with Crippen molar-refractivity contribution in [1.29, 1.82) is 0 Å². The largest absolute Gasteiger partial charge is 0.346 e. The van der Waals surface area contributed by atoms with Crippen molar-refractivity contribution in [3.63, 3.8) is 0 Å². The maximum Gasteiger partial charge on any atom is 0.138 e. The third-order valence-corrected chi connectivity index (χ3v) is 2.20. The van der Waals surface area contributed by atoms with E-state index in [1.54, 1.807) is 6.20 Å². The van der Waals surface area contributed by atoms with Crippen molar-refractivity contribution in [2.75, 3.05) is 0 Å². The number of pyridine rings is 1. The van der Waals surface area contributed by atoms with Gasteiger partial charge in [0.25, 0.3) is 0 Å². The number of aryl methyl sites for hydroxylation is 1. The maximum atomic E-state index is 6.01. The molecule has 0 aliphatic heterocycles. The van der Waals surface area contributed by atoms with E-state index in [0.717, 1.165) is 21.6 Å². The Hall–Kier alpha value is -1.02. The number of nitrogens with one attached hydrogen (secondary N) is 1. The maximum absolute atomic E-state index is 6.01. The summed E-state index contributed by atoms with van der Waals surface area (Å²) in [6.07, 6.45) is 3.60. The topological polar surface area (TPSA) is 28.7 Å². The zero-order valence-electron chi connectivity index (χ0n) is 6.06. The molecule has 0 aliphatic rings. The molecule has 2 nitrogen and oxygen atoms in total. The van der Waals surface area contributed by atoms with Gasteiger partial charge in [-0.05, 0) is 18.6 Å². The third kappa shape index (κ3) is 0.906. The van der Waals surface area contributed by atoms with E-state index in [1.807, 2.05) is 19.2 Å². The zero-order valence-corrected chi connectivity index (χ0v) is 6.81. The van der Waals surface area contributed by atoms with Gasteiger partial charge in [-0.2, -0.15) is 0 Å². The molecule has 0 unspecified atom stereocenters. The highest BCUT2D eigenvalue weighted by atomic mass is 35.5. The van der Waals surface area contributed by atoms with Crippen molar-refractivity contribution in [2.45, 2.75) is 6.92 Å². The minimum Gasteiger partial charge on any atom is -0.346 e. The van der Waals surface area contributed by atoms with E-state index in [9.17, 15) is 0 Å². The summed E-state index contributed by atoms with van der Waals surface area (Å²) >= 11 is 6.01. The predicted octanol–water partition coefficient (Wildman–Crippen LogP) is 2.52. The van der Waals surface area contributed by atoms with Crippen molar-refractivity contribution < 1.29 is 0 Å². The van der Waals surface area contributed by atoms with Crippen LogP contribution in [0, 0.1) is 6.92 Å². The predicted molar refractivity (Wildman–Crippen MR) is 45.8 cm³/mol. The van der Waals surface area contributed by atoms with Crippen LogP contribution in [0.5, 0.6) is 0 Å². The fraction of sp³-hybridized carbons (Fsp3) is 0.125. The smallest absolute Gasteiger partial charge is 0.138 e. The lowest BCUT2D eigenvalue weighted by atomic mass is 10.2. The van der Waals surface area contributed by atoms with E-state index in [1.165, 1.54) is 0 Å². The standard InChI is InChI=1S/C8H7ClN2/c1-5-4-11-8-6(7(5)9)2-3-10-8/h2-4H,1H3,(H,10,11). The van der Waals surface area contributed by atoms with Crippen molar-refractivity contribution in [3.8, 4) is 0 Å². The van der Waals surface area contributed by atoms with E-state index in [0.29, 0.717) is 0 Å². The molecule has 0 saturated heterocycles. The van der Waals surface area contributed by atoms with Gasteiger partial charge < -0.3 is 4.98 Å². The van der Waals surface area contributed by atoms with E-state index < -0.39 is 0 Å². The minimum atomic E-state index is 0.788. The molecule has 2 aromatic heterocycles. The van der Waals surface area contributed by atoms with Gasteiger partial charge in [-0.1, -0.05) is 11.6 Å². The zero-order chi connectivity index (χ0) is 7.84. The van der Waals surface area contributed by atoms with E-state index >= 15 is 0 Å². The molecule has 2 rings (SSSR count). The van der Waals surface area contributed by atoms with Crippen molar-refractivity contribution in [1.82, 2.24) is 9.97 Å². The summed E-state index contributed by atoms with van der Waals surface area (Å²) in [6.45, 7) is 1.95. The van der Waals surface area contributed by atoms with Crippen LogP contribution >= 0.6 is 11.6 Å². The normalized spacial score (nSPS) is 10.7. The van der Waals surface area contributed by atoms with Crippen LogP contribution in [0.25, 0.3) is 11.0 Å². The van der Waals surface area contributed by atoms with E-state index in [2.05, 4.69) is 9.97 Å². The molecule has 0 amide bonds. The molecule has 11 heavy (non-hydrogen) atoms. The first-order chi connectivity index (χ1) is 5.29. The number of halogens is 1. The van der Waals surface area contributed by atoms with Crippen LogP contribution < -0.4 is 0 Å². The second kappa shape index (κ2) is 2.24. The molecule has 56 valence electrons. The Balaban J connectivity index is 2.93. The van der Waals surface area contributed by atoms with Gasteiger partial charge in [0.2, 0.25) is 0 Å². The molecule has 0 atom stereocenters. The summed E-state index contributed by atoms with van der Waals surface area (Å²) in [5.41, 5.74) is 1.86. The number of fused-ring (bicyclic) bond motifs is 1. The number of rotatable bonds is 0. The van der Waals surface area contributed by atoms with Crippen molar-refractivity contribution in [2.24, 2.45) is 0 Å². The molecule has 0 radical (unpaired) electrons. The second-order valence-corrected chi connectivity index (χ2v) is 2.87. The Bertz CT molecular complexity index is 392. The summed E-state index contributed by atoms with van der Waals surface area (Å²) in [7, 11) is 0. The number of nitrogens with zero attached hydrogens (tertiary/aromatic N) is 1. The molecule has 1 N–H and O–H groups in total. The fourth-order valence-corrected chi connectivity index (χ4v) is 1.28. The SMILES string of the molecule is Cc1cnc2[nH]ccc2c1Cl. The second-order valence-electron chi connectivity index (χ2n) is 2.50. The average Bonchev–Trinajstić information content (AvgIpc) is 2.45. The fourth-order valence-electron chi connectivity index (χ4n) is 1.08. The van der Waals surface area contributed by atoms with Crippen LogP contribution in [0.4, 0.5) is 0 Å². The van der Waals surface area contributed by atoms with E-state index in [-0.39, 0.29) is 0 Å². The Kier molecular flexibility index (Phi) is 1.36. The Morgan fingerprint density at radius 2 is 2.36 bits per heavy atom. The van der Waals surface area contributed by atoms with Gasteiger partial charge in [-0.25, -0.2) is 4.98 Å². The number of H-pyrrole nitrogens is 1. The molecule has 0 fully saturated rings. The molecule has 3 heteroatoms. The molecule has 2 heterocycles. The summed E-state index contributed by atoms with van der Waals surface area (Å²) < 4.78 is 0. The van der Waals surface area contributed by atoms with Gasteiger partial charge >= 0.3 is 0 Å². The van der Waals surface area contributed by atoms with Gasteiger partial charge in [0, 0.05) is 17.8 Å². The van der Waals surface area contributed by atoms with Crippen LogP contribution in [0.2, 0.25) is 5.02 Å². The van der Waals surface area contributed by atoms with Crippen LogP contribution in [-0.4, -0.2) is 9.97 Å². The Morgan fingerprint density at radius 1 is 1.55 bits per heavy atom. The van der Waals surface area contributed by atoms with Gasteiger partial charge in [0.15, 0.2) is 0 Å². The summed E-state index contributed by atoms with van der Waals surface area (Å²) in [5, 5.41) is 1.78. The summed E-state index contributed by atoms with van der Waals surface area (Å²) in [5.74, 6) is 0. The quantitative estimate of drug-likeness (QED) is 0.640. The molecule has 0 aliphatic carbocycles.